The molecule has 0 aliphatic rings. The predicted molar refractivity (Wildman–Crippen MR) is 72.5 cm³/mol. The van der Waals surface area contributed by atoms with E-state index in [1.165, 1.54) is 12.1 Å². The van der Waals surface area contributed by atoms with Crippen LogP contribution in [-0.4, -0.2) is 0 Å². The van der Waals surface area contributed by atoms with Crippen molar-refractivity contribution in [3.63, 3.8) is 0 Å². The molecule has 2 aromatic rings. The van der Waals surface area contributed by atoms with Crippen molar-refractivity contribution >= 4 is 21.6 Å². The van der Waals surface area contributed by atoms with Gasteiger partial charge >= 0.3 is 0 Å². The van der Waals surface area contributed by atoms with Crippen molar-refractivity contribution in [1.82, 2.24) is 0 Å². The normalized spacial score (nSPS) is 12.3. The average Bonchev–Trinajstić information content (AvgIpc) is 2.33. The minimum Gasteiger partial charge on any atom is -0.378 e. The quantitative estimate of drug-likeness (QED) is 0.831. The summed E-state index contributed by atoms with van der Waals surface area (Å²) in [7, 11) is 0. The van der Waals surface area contributed by atoms with E-state index in [1.807, 2.05) is 0 Å². The van der Waals surface area contributed by atoms with Gasteiger partial charge in [0.25, 0.3) is 0 Å². The Bertz CT molecular complexity index is 601. The zero-order chi connectivity index (χ0) is 14.0. The molecule has 0 heterocycles. The number of hydrogen-bond donors (Lipinski definition) is 1. The molecule has 2 aromatic carbocycles. The van der Waals surface area contributed by atoms with Gasteiger partial charge in [-0.3, -0.25) is 0 Å². The zero-order valence-corrected chi connectivity index (χ0v) is 11.6. The molecule has 0 aliphatic heterocycles. The number of hydrogen-bond acceptors (Lipinski definition) is 1. The van der Waals surface area contributed by atoms with Crippen molar-refractivity contribution in [1.29, 1.82) is 0 Å². The van der Waals surface area contributed by atoms with Crippen molar-refractivity contribution in [3.8, 4) is 0 Å². The van der Waals surface area contributed by atoms with Crippen LogP contribution in [0.5, 0.6) is 0 Å². The summed E-state index contributed by atoms with van der Waals surface area (Å²) in [5.41, 5.74) is 0.849. The van der Waals surface area contributed by atoms with E-state index in [4.69, 9.17) is 0 Å². The molecule has 0 bridgehead atoms. The molecule has 0 radical (unpaired) electrons. The van der Waals surface area contributed by atoms with Gasteiger partial charge in [0.15, 0.2) is 11.6 Å². The van der Waals surface area contributed by atoms with Crippen LogP contribution in [0.2, 0.25) is 0 Å². The fraction of sp³-hybridized carbons (Fsp3) is 0.143. The molecule has 0 saturated carbocycles. The van der Waals surface area contributed by atoms with Crippen LogP contribution in [0.1, 0.15) is 18.5 Å². The Morgan fingerprint density at radius 3 is 2.32 bits per heavy atom. The number of nitrogens with one attached hydrogen (secondary N) is 1. The number of anilines is 1. The molecule has 0 amide bonds. The van der Waals surface area contributed by atoms with E-state index in [9.17, 15) is 13.2 Å². The Morgan fingerprint density at radius 2 is 1.68 bits per heavy atom. The van der Waals surface area contributed by atoms with Crippen LogP contribution in [0.4, 0.5) is 18.9 Å². The van der Waals surface area contributed by atoms with Crippen LogP contribution < -0.4 is 5.32 Å². The molecule has 1 unspecified atom stereocenters. The molecule has 0 spiro atoms. The lowest BCUT2D eigenvalue weighted by atomic mass is 10.1. The molecule has 0 aromatic heterocycles. The third kappa shape index (κ3) is 3.29. The monoisotopic (exact) mass is 329 g/mol. The number of benzene rings is 2. The summed E-state index contributed by atoms with van der Waals surface area (Å²) in [6, 6.07) is 7.84. The molecule has 100 valence electrons. The Balaban J connectivity index is 2.20. The van der Waals surface area contributed by atoms with Crippen molar-refractivity contribution in [2.45, 2.75) is 13.0 Å². The summed E-state index contributed by atoms with van der Waals surface area (Å²) in [6.07, 6.45) is 0. The topological polar surface area (TPSA) is 12.0 Å². The molecule has 1 nitrogen and oxygen atoms in total. The summed E-state index contributed by atoms with van der Waals surface area (Å²) < 4.78 is 40.3. The molecule has 1 atom stereocenters. The second kappa shape index (κ2) is 5.65. The lowest BCUT2D eigenvalue weighted by Crippen LogP contribution is -2.09. The number of halogens is 4. The molecule has 2 rings (SSSR count). The van der Waals surface area contributed by atoms with Gasteiger partial charge in [-0.2, -0.15) is 0 Å². The maximum Gasteiger partial charge on any atom is 0.160 e. The highest BCUT2D eigenvalue weighted by molar-refractivity contribution is 9.10. The molecule has 5 heteroatoms. The van der Waals surface area contributed by atoms with E-state index < -0.39 is 11.6 Å². The van der Waals surface area contributed by atoms with Gasteiger partial charge in [0.2, 0.25) is 0 Å². The highest BCUT2D eigenvalue weighted by Crippen LogP contribution is 2.24. The molecule has 0 fully saturated rings. The first-order valence-electron chi connectivity index (χ1n) is 5.64. The first-order chi connectivity index (χ1) is 8.97. The molecular formula is C14H11BrF3N. The lowest BCUT2D eigenvalue weighted by molar-refractivity contribution is 0.509. The van der Waals surface area contributed by atoms with Crippen molar-refractivity contribution in [3.05, 3.63) is 63.9 Å². The Morgan fingerprint density at radius 1 is 0.947 bits per heavy atom. The van der Waals surface area contributed by atoms with Crippen molar-refractivity contribution in [2.75, 3.05) is 5.32 Å². The molecule has 19 heavy (non-hydrogen) atoms. The van der Waals surface area contributed by atoms with Gasteiger partial charge in [0, 0.05) is 21.8 Å². The van der Waals surface area contributed by atoms with Gasteiger partial charge < -0.3 is 5.32 Å². The first kappa shape index (κ1) is 13.9. The standard InChI is InChI=1S/C14H11BrF3N/c1-8(11-4-2-9(15)6-13(11)17)19-10-3-5-12(16)14(18)7-10/h2-8,19H,1H3. The fourth-order valence-corrected chi connectivity index (χ4v) is 2.10. The predicted octanol–water partition coefficient (Wildman–Crippen LogP) is 5.04. The van der Waals surface area contributed by atoms with E-state index in [0.717, 1.165) is 12.1 Å². The Kier molecular flexibility index (Phi) is 4.14. The average molecular weight is 330 g/mol. The van der Waals surface area contributed by atoms with E-state index in [-0.39, 0.29) is 11.9 Å². The van der Waals surface area contributed by atoms with Gasteiger partial charge in [-0.05, 0) is 31.2 Å². The van der Waals surface area contributed by atoms with Crippen molar-refractivity contribution in [2.24, 2.45) is 0 Å². The number of rotatable bonds is 3. The molecule has 0 aliphatic carbocycles. The summed E-state index contributed by atoms with van der Waals surface area (Å²) in [5, 5.41) is 2.92. The Labute approximate surface area is 117 Å². The second-order valence-electron chi connectivity index (χ2n) is 4.16. The van der Waals surface area contributed by atoms with Crippen LogP contribution in [0.25, 0.3) is 0 Å². The largest absolute Gasteiger partial charge is 0.378 e. The highest BCUT2D eigenvalue weighted by Gasteiger charge is 2.12. The van der Waals surface area contributed by atoms with Gasteiger partial charge in [0.05, 0.1) is 6.04 Å². The SMILES string of the molecule is CC(Nc1ccc(F)c(F)c1)c1ccc(Br)cc1F. The third-order valence-electron chi connectivity index (χ3n) is 2.73. The van der Waals surface area contributed by atoms with E-state index >= 15 is 0 Å². The molecular weight excluding hydrogens is 319 g/mol. The van der Waals surface area contributed by atoms with Gasteiger partial charge in [-0.25, -0.2) is 13.2 Å². The summed E-state index contributed by atoms with van der Waals surface area (Å²) in [6.45, 7) is 1.74. The van der Waals surface area contributed by atoms with Crippen LogP contribution in [0.15, 0.2) is 40.9 Å². The zero-order valence-electron chi connectivity index (χ0n) is 10.1. The summed E-state index contributed by atoms with van der Waals surface area (Å²) in [4.78, 5) is 0. The van der Waals surface area contributed by atoms with Crippen molar-refractivity contribution < 1.29 is 13.2 Å². The smallest absolute Gasteiger partial charge is 0.160 e. The highest BCUT2D eigenvalue weighted by atomic mass is 79.9. The van der Waals surface area contributed by atoms with E-state index in [1.54, 1.807) is 19.1 Å². The van der Waals surface area contributed by atoms with Crippen LogP contribution in [0.3, 0.4) is 0 Å². The lowest BCUT2D eigenvalue weighted by Gasteiger charge is -2.16. The van der Waals surface area contributed by atoms with E-state index in [0.29, 0.717) is 15.7 Å². The van der Waals surface area contributed by atoms with E-state index in [2.05, 4.69) is 21.2 Å². The van der Waals surface area contributed by atoms with Gasteiger partial charge in [-0.1, -0.05) is 22.0 Å². The minimum atomic E-state index is -0.937. The second-order valence-corrected chi connectivity index (χ2v) is 5.08. The summed E-state index contributed by atoms with van der Waals surface area (Å²) in [5.74, 6) is -2.21. The molecule has 1 N–H and O–H groups in total. The van der Waals surface area contributed by atoms with Gasteiger partial charge in [0.1, 0.15) is 5.82 Å². The fourth-order valence-electron chi connectivity index (χ4n) is 1.77. The third-order valence-corrected chi connectivity index (χ3v) is 3.23. The Hall–Kier alpha value is -1.49. The van der Waals surface area contributed by atoms with Crippen LogP contribution in [-0.2, 0) is 0 Å². The van der Waals surface area contributed by atoms with Crippen LogP contribution >= 0.6 is 15.9 Å². The maximum absolute atomic E-state index is 13.7. The van der Waals surface area contributed by atoms with Crippen LogP contribution in [0, 0.1) is 17.5 Å². The molecule has 0 saturated heterocycles. The van der Waals surface area contributed by atoms with Gasteiger partial charge in [-0.15, -0.1) is 0 Å². The minimum absolute atomic E-state index is 0.363. The summed E-state index contributed by atoms with van der Waals surface area (Å²) >= 11 is 3.18. The first-order valence-corrected chi connectivity index (χ1v) is 6.43. The maximum atomic E-state index is 13.7.